The van der Waals surface area contributed by atoms with E-state index in [9.17, 15) is 13.2 Å². The number of Topliss-reactive ketones (excluding diaryl/α,β-unsaturated/α-hetero) is 1. The molecule has 1 rings (SSSR count). The lowest BCUT2D eigenvalue weighted by atomic mass is 10.2. The van der Waals surface area contributed by atoms with Gasteiger partial charge in [-0.25, -0.2) is 8.42 Å². The highest BCUT2D eigenvalue weighted by molar-refractivity contribution is 9.10. The number of rotatable bonds is 3. The first-order chi connectivity index (χ1) is 6.86. The van der Waals surface area contributed by atoms with Crippen LogP contribution in [-0.4, -0.2) is 25.8 Å². The van der Waals surface area contributed by atoms with E-state index in [-0.39, 0.29) is 16.0 Å². The van der Waals surface area contributed by atoms with Crippen LogP contribution in [0.5, 0.6) is 0 Å². The second kappa shape index (κ2) is 4.76. The van der Waals surface area contributed by atoms with Crippen molar-refractivity contribution in [2.75, 3.05) is 11.6 Å². The van der Waals surface area contributed by atoms with Gasteiger partial charge < -0.3 is 0 Å². The molecule has 82 valence electrons. The molecule has 0 radical (unpaired) electrons. The van der Waals surface area contributed by atoms with E-state index in [1.54, 1.807) is 0 Å². The van der Waals surface area contributed by atoms with Gasteiger partial charge in [-0.05, 0) is 28.1 Å². The van der Waals surface area contributed by atoms with Gasteiger partial charge in [-0.15, -0.1) is 0 Å². The average molecular weight is 356 g/mol. The summed E-state index contributed by atoms with van der Waals surface area (Å²) in [5.41, 5.74) is 0.478. The molecule has 0 spiro atoms. The lowest BCUT2D eigenvalue weighted by Gasteiger charge is -2.03. The molecule has 0 atom stereocenters. The van der Waals surface area contributed by atoms with Crippen molar-refractivity contribution in [3.05, 3.63) is 28.2 Å². The van der Waals surface area contributed by atoms with Gasteiger partial charge in [0.2, 0.25) is 0 Å². The molecule has 1 aromatic carbocycles. The van der Waals surface area contributed by atoms with E-state index in [0.717, 1.165) is 6.26 Å². The number of hydrogen-bond acceptors (Lipinski definition) is 3. The van der Waals surface area contributed by atoms with Crippen LogP contribution in [0.2, 0.25) is 0 Å². The first-order valence-electron chi connectivity index (χ1n) is 3.95. The predicted molar refractivity (Wildman–Crippen MR) is 65.4 cm³/mol. The quantitative estimate of drug-likeness (QED) is 0.618. The van der Waals surface area contributed by atoms with Crippen LogP contribution in [0.1, 0.15) is 10.4 Å². The van der Waals surface area contributed by atoms with Crippen LogP contribution in [0.15, 0.2) is 27.6 Å². The molecule has 0 bridgehead atoms. The largest absolute Gasteiger partial charge is 0.293 e. The highest BCUT2D eigenvalue weighted by Gasteiger charge is 2.13. The molecule has 0 N–H and O–H groups in total. The fourth-order valence-electron chi connectivity index (χ4n) is 1.05. The standard InChI is InChI=1S/C9H8Br2O3S/c1-15(13,14)9-3-2-6(4-7(9)11)8(12)5-10/h2-4H,5H2,1H3. The minimum Gasteiger partial charge on any atom is -0.293 e. The maximum atomic E-state index is 11.3. The Kier molecular flexibility index (Phi) is 4.08. The molecule has 0 aliphatic rings. The number of sulfone groups is 1. The number of benzene rings is 1. The van der Waals surface area contributed by atoms with Gasteiger partial charge in [0.25, 0.3) is 0 Å². The Labute approximate surface area is 105 Å². The van der Waals surface area contributed by atoms with Gasteiger partial charge in [0.1, 0.15) is 0 Å². The van der Waals surface area contributed by atoms with Crippen LogP contribution >= 0.6 is 31.9 Å². The molecule has 0 saturated carbocycles. The van der Waals surface area contributed by atoms with Gasteiger partial charge in [-0.2, -0.15) is 0 Å². The van der Waals surface area contributed by atoms with E-state index in [0.29, 0.717) is 10.0 Å². The molecule has 0 fully saturated rings. The monoisotopic (exact) mass is 354 g/mol. The van der Waals surface area contributed by atoms with E-state index >= 15 is 0 Å². The Hall–Kier alpha value is -0.200. The molecule has 0 aliphatic heterocycles. The highest BCUT2D eigenvalue weighted by atomic mass is 79.9. The average Bonchev–Trinajstić information content (AvgIpc) is 2.14. The summed E-state index contributed by atoms with van der Waals surface area (Å²) in [6.07, 6.45) is 1.12. The molecular weight excluding hydrogens is 348 g/mol. The number of ketones is 1. The molecule has 0 aromatic heterocycles. The number of carbonyl (C=O) groups excluding carboxylic acids is 1. The van der Waals surface area contributed by atoms with Crippen molar-refractivity contribution in [2.45, 2.75) is 4.90 Å². The Morgan fingerprint density at radius 1 is 1.40 bits per heavy atom. The number of alkyl halides is 1. The number of carbonyl (C=O) groups is 1. The van der Waals surface area contributed by atoms with E-state index in [1.165, 1.54) is 18.2 Å². The third kappa shape index (κ3) is 3.12. The maximum absolute atomic E-state index is 11.3. The van der Waals surface area contributed by atoms with Crippen molar-refractivity contribution in [2.24, 2.45) is 0 Å². The zero-order valence-corrected chi connectivity index (χ0v) is 11.8. The lowest BCUT2D eigenvalue weighted by Crippen LogP contribution is -2.03. The van der Waals surface area contributed by atoms with E-state index in [1.807, 2.05) is 0 Å². The summed E-state index contributed by atoms with van der Waals surface area (Å²) in [6, 6.07) is 4.44. The zero-order valence-electron chi connectivity index (χ0n) is 7.83. The summed E-state index contributed by atoms with van der Waals surface area (Å²) in [5.74, 6) is -0.0873. The molecule has 0 amide bonds. The van der Waals surface area contributed by atoms with Gasteiger partial charge in [0.05, 0.1) is 10.2 Å². The molecule has 0 heterocycles. The Bertz CT molecular complexity index is 494. The summed E-state index contributed by atoms with van der Waals surface area (Å²) >= 11 is 6.18. The summed E-state index contributed by atoms with van der Waals surface area (Å²) in [6.45, 7) is 0. The Morgan fingerprint density at radius 3 is 2.40 bits per heavy atom. The molecule has 0 aliphatic carbocycles. The summed E-state index contributed by atoms with van der Waals surface area (Å²) in [7, 11) is -3.25. The fraction of sp³-hybridized carbons (Fsp3) is 0.222. The zero-order chi connectivity index (χ0) is 11.6. The Morgan fingerprint density at radius 2 is 2.00 bits per heavy atom. The van der Waals surface area contributed by atoms with Crippen LogP contribution in [-0.2, 0) is 9.84 Å². The topological polar surface area (TPSA) is 51.2 Å². The fourth-order valence-corrected chi connectivity index (χ4v) is 3.37. The summed E-state index contributed by atoms with van der Waals surface area (Å²) in [4.78, 5) is 11.5. The first kappa shape index (κ1) is 12.9. The third-order valence-electron chi connectivity index (χ3n) is 1.77. The first-order valence-corrected chi connectivity index (χ1v) is 7.75. The van der Waals surface area contributed by atoms with Crippen molar-refractivity contribution in [3.63, 3.8) is 0 Å². The maximum Gasteiger partial charge on any atom is 0.176 e. The third-order valence-corrected chi connectivity index (χ3v) is 4.36. The minimum atomic E-state index is -3.25. The second-order valence-electron chi connectivity index (χ2n) is 2.97. The van der Waals surface area contributed by atoms with Gasteiger partial charge in [0, 0.05) is 16.3 Å². The van der Waals surface area contributed by atoms with Crippen LogP contribution in [0, 0.1) is 0 Å². The smallest absolute Gasteiger partial charge is 0.176 e. The highest BCUT2D eigenvalue weighted by Crippen LogP contribution is 2.23. The van der Waals surface area contributed by atoms with Crippen LogP contribution in [0.25, 0.3) is 0 Å². The van der Waals surface area contributed by atoms with Gasteiger partial charge in [-0.3, -0.25) is 4.79 Å². The van der Waals surface area contributed by atoms with Crippen molar-refractivity contribution in [1.82, 2.24) is 0 Å². The van der Waals surface area contributed by atoms with E-state index in [2.05, 4.69) is 31.9 Å². The minimum absolute atomic E-state index is 0.0873. The molecule has 3 nitrogen and oxygen atoms in total. The SMILES string of the molecule is CS(=O)(=O)c1ccc(C(=O)CBr)cc1Br. The van der Waals surface area contributed by atoms with Crippen LogP contribution < -0.4 is 0 Å². The molecular formula is C9H8Br2O3S. The van der Waals surface area contributed by atoms with Crippen molar-refractivity contribution < 1.29 is 13.2 Å². The number of halogens is 2. The van der Waals surface area contributed by atoms with E-state index < -0.39 is 9.84 Å². The summed E-state index contributed by atoms with van der Waals surface area (Å²) < 4.78 is 23.0. The van der Waals surface area contributed by atoms with Crippen LogP contribution in [0.3, 0.4) is 0 Å². The molecule has 6 heteroatoms. The molecule has 15 heavy (non-hydrogen) atoms. The van der Waals surface area contributed by atoms with Gasteiger partial charge >= 0.3 is 0 Å². The molecule has 1 aromatic rings. The lowest BCUT2D eigenvalue weighted by molar-refractivity contribution is 0.102. The predicted octanol–water partition coefficient (Wildman–Crippen LogP) is 2.43. The number of hydrogen-bond donors (Lipinski definition) is 0. The summed E-state index contributed by atoms with van der Waals surface area (Å²) in [5, 5.41) is 0.220. The van der Waals surface area contributed by atoms with Gasteiger partial charge in [-0.1, -0.05) is 22.0 Å². The molecule has 0 saturated heterocycles. The van der Waals surface area contributed by atoms with Crippen molar-refractivity contribution in [3.8, 4) is 0 Å². The second-order valence-corrected chi connectivity index (χ2v) is 6.37. The normalized spacial score (nSPS) is 11.4. The van der Waals surface area contributed by atoms with Crippen molar-refractivity contribution >= 4 is 47.5 Å². The Balaban J connectivity index is 3.27. The van der Waals surface area contributed by atoms with Gasteiger partial charge in [0.15, 0.2) is 15.6 Å². The van der Waals surface area contributed by atoms with E-state index in [4.69, 9.17) is 0 Å². The van der Waals surface area contributed by atoms with Crippen molar-refractivity contribution in [1.29, 1.82) is 0 Å². The molecule has 0 unspecified atom stereocenters. The van der Waals surface area contributed by atoms with Crippen LogP contribution in [0.4, 0.5) is 0 Å².